The van der Waals surface area contributed by atoms with E-state index < -0.39 is 0 Å². The Morgan fingerprint density at radius 2 is 2.40 bits per heavy atom. The number of rotatable bonds is 3. The van der Waals surface area contributed by atoms with Crippen molar-refractivity contribution in [3.05, 3.63) is 30.1 Å². The van der Waals surface area contributed by atoms with Gasteiger partial charge in [0, 0.05) is 30.9 Å². The number of aryl methyl sites for hydroxylation is 1. The lowest BCUT2D eigenvalue weighted by Gasteiger charge is -2.23. The number of nitrogens with one attached hydrogen (secondary N) is 1. The van der Waals surface area contributed by atoms with E-state index in [0.29, 0.717) is 12.1 Å². The summed E-state index contributed by atoms with van der Waals surface area (Å²) in [6, 6.07) is 1.03. The molecule has 1 aromatic heterocycles. The minimum atomic E-state index is 0.398. The second-order valence-electron chi connectivity index (χ2n) is 4.32. The lowest BCUT2D eigenvalue weighted by atomic mass is 10.0. The molecular weight excluding hydrogens is 186 g/mol. The molecule has 1 aromatic rings. The van der Waals surface area contributed by atoms with Crippen LogP contribution in [0.4, 0.5) is 0 Å². The van der Waals surface area contributed by atoms with E-state index in [-0.39, 0.29) is 0 Å². The summed E-state index contributed by atoms with van der Waals surface area (Å²) >= 11 is 0. The van der Waals surface area contributed by atoms with Crippen molar-refractivity contribution in [3.63, 3.8) is 0 Å². The fourth-order valence-corrected chi connectivity index (χ4v) is 2.06. The Balaban J connectivity index is 1.91. The molecule has 15 heavy (non-hydrogen) atoms. The van der Waals surface area contributed by atoms with Gasteiger partial charge in [-0.15, -0.1) is 0 Å². The van der Waals surface area contributed by atoms with Gasteiger partial charge < -0.3 is 5.32 Å². The molecule has 0 aliphatic heterocycles. The molecule has 1 heterocycles. The zero-order valence-electron chi connectivity index (χ0n) is 9.48. The standard InChI is InChI=1S/C12H19N3/c1-10(11-8-13-15(2)9-11)14-12-6-4-3-5-7-12/h3-4,8-10,12,14H,5-7H2,1-2H3. The Morgan fingerprint density at radius 1 is 1.53 bits per heavy atom. The van der Waals surface area contributed by atoms with Crippen LogP contribution < -0.4 is 5.32 Å². The molecule has 0 saturated heterocycles. The molecular formula is C12H19N3. The third kappa shape index (κ3) is 2.69. The van der Waals surface area contributed by atoms with E-state index in [4.69, 9.17) is 0 Å². The Bertz CT molecular complexity index is 340. The number of nitrogens with zero attached hydrogens (tertiary/aromatic N) is 2. The fourth-order valence-electron chi connectivity index (χ4n) is 2.06. The summed E-state index contributed by atoms with van der Waals surface area (Å²) in [6.07, 6.45) is 12.2. The quantitative estimate of drug-likeness (QED) is 0.766. The molecule has 82 valence electrons. The van der Waals surface area contributed by atoms with Crippen LogP contribution in [0.1, 0.15) is 37.8 Å². The van der Waals surface area contributed by atoms with E-state index in [1.807, 2.05) is 17.9 Å². The van der Waals surface area contributed by atoms with Crippen molar-refractivity contribution in [1.29, 1.82) is 0 Å². The van der Waals surface area contributed by atoms with Crippen molar-refractivity contribution in [2.24, 2.45) is 7.05 Å². The Hall–Kier alpha value is -1.09. The van der Waals surface area contributed by atoms with E-state index in [1.165, 1.54) is 18.4 Å². The van der Waals surface area contributed by atoms with Gasteiger partial charge in [0.15, 0.2) is 0 Å². The van der Waals surface area contributed by atoms with Crippen molar-refractivity contribution in [2.45, 2.75) is 38.3 Å². The van der Waals surface area contributed by atoms with Gasteiger partial charge in [0.25, 0.3) is 0 Å². The monoisotopic (exact) mass is 205 g/mol. The van der Waals surface area contributed by atoms with Crippen LogP contribution in [0.3, 0.4) is 0 Å². The molecule has 0 spiro atoms. The maximum atomic E-state index is 4.19. The second kappa shape index (κ2) is 4.62. The van der Waals surface area contributed by atoms with E-state index in [0.717, 1.165) is 6.42 Å². The zero-order chi connectivity index (χ0) is 10.7. The van der Waals surface area contributed by atoms with Crippen LogP contribution in [0.15, 0.2) is 24.5 Å². The molecule has 2 rings (SSSR count). The first-order valence-electron chi connectivity index (χ1n) is 5.65. The van der Waals surface area contributed by atoms with Crippen molar-refractivity contribution in [2.75, 3.05) is 0 Å². The minimum absolute atomic E-state index is 0.398. The molecule has 3 nitrogen and oxygen atoms in total. The third-order valence-electron chi connectivity index (χ3n) is 2.98. The highest BCUT2D eigenvalue weighted by atomic mass is 15.2. The van der Waals surface area contributed by atoms with Crippen LogP contribution in [-0.4, -0.2) is 15.8 Å². The largest absolute Gasteiger partial charge is 0.307 e. The second-order valence-corrected chi connectivity index (χ2v) is 4.32. The third-order valence-corrected chi connectivity index (χ3v) is 2.98. The van der Waals surface area contributed by atoms with Gasteiger partial charge in [-0.25, -0.2) is 0 Å². The molecule has 1 aliphatic carbocycles. The Labute approximate surface area is 91.2 Å². The number of hydrogen-bond donors (Lipinski definition) is 1. The zero-order valence-corrected chi connectivity index (χ0v) is 9.48. The van der Waals surface area contributed by atoms with Crippen molar-refractivity contribution in [3.8, 4) is 0 Å². The summed E-state index contributed by atoms with van der Waals surface area (Å²) < 4.78 is 1.86. The molecule has 2 unspecified atom stereocenters. The van der Waals surface area contributed by atoms with Crippen molar-refractivity contribution >= 4 is 0 Å². The fraction of sp³-hybridized carbons (Fsp3) is 0.583. The summed E-state index contributed by atoms with van der Waals surface area (Å²) in [4.78, 5) is 0. The molecule has 0 fully saturated rings. The van der Waals surface area contributed by atoms with Gasteiger partial charge in [0.05, 0.1) is 6.20 Å². The highest BCUT2D eigenvalue weighted by Gasteiger charge is 2.14. The summed E-state index contributed by atoms with van der Waals surface area (Å²) in [6.45, 7) is 2.20. The number of hydrogen-bond acceptors (Lipinski definition) is 2. The summed E-state index contributed by atoms with van der Waals surface area (Å²) in [5.74, 6) is 0. The van der Waals surface area contributed by atoms with E-state index in [9.17, 15) is 0 Å². The maximum absolute atomic E-state index is 4.19. The van der Waals surface area contributed by atoms with Gasteiger partial charge in [-0.2, -0.15) is 5.10 Å². The van der Waals surface area contributed by atoms with E-state index in [1.54, 1.807) is 0 Å². The predicted octanol–water partition coefficient (Wildman–Crippen LogP) is 2.18. The first-order valence-corrected chi connectivity index (χ1v) is 5.65. The summed E-state index contributed by atoms with van der Waals surface area (Å²) in [7, 11) is 1.96. The normalized spacial score (nSPS) is 22.9. The molecule has 1 aliphatic rings. The van der Waals surface area contributed by atoms with Gasteiger partial charge in [-0.05, 0) is 26.2 Å². The van der Waals surface area contributed by atoms with Crippen LogP contribution >= 0.6 is 0 Å². The van der Waals surface area contributed by atoms with Crippen molar-refractivity contribution < 1.29 is 0 Å². The van der Waals surface area contributed by atoms with E-state index >= 15 is 0 Å². The molecule has 0 saturated carbocycles. The Kier molecular flexibility index (Phi) is 3.21. The predicted molar refractivity (Wildman–Crippen MR) is 61.5 cm³/mol. The SMILES string of the molecule is CC(NC1CC=CCC1)c1cnn(C)c1. The number of aromatic nitrogens is 2. The summed E-state index contributed by atoms with van der Waals surface area (Å²) in [5.41, 5.74) is 1.27. The Morgan fingerprint density at radius 3 is 3.00 bits per heavy atom. The smallest absolute Gasteiger partial charge is 0.0537 e. The molecule has 2 atom stereocenters. The minimum Gasteiger partial charge on any atom is -0.307 e. The van der Waals surface area contributed by atoms with Crippen LogP contribution in [0.2, 0.25) is 0 Å². The maximum Gasteiger partial charge on any atom is 0.0537 e. The highest BCUT2D eigenvalue weighted by Crippen LogP contribution is 2.17. The first-order chi connectivity index (χ1) is 7.25. The van der Waals surface area contributed by atoms with Crippen LogP contribution in [0, 0.1) is 0 Å². The highest BCUT2D eigenvalue weighted by molar-refractivity contribution is 5.09. The van der Waals surface area contributed by atoms with Crippen molar-refractivity contribution in [1.82, 2.24) is 15.1 Å². The molecule has 1 N–H and O–H groups in total. The van der Waals surface area contributed by atoms with Gasteiger partial charge in [0.1, 0.15) is 0 Å². The lowest BCUT2D eigenvalue weighted by molar-refractivity contribution is 0.426. The topological polar surface area (TPSA) is 29.9 Å². The average molecular weight is 205 g/mol. The first kappa shape index (κ1) is 10.4. The molecule has 0 amide bonds. The van der Waals surface area contributed by atoms with E-state index in [2.05, 4.69) is 35.7 Å². The van der Waals surface area contributed by atoms with Crippen LogP contribution in [0.5, 0.6) is 0 Å². The summed E-state index contributed by atoms with van der Waals surface area (Å²) in [5, 5.41) is 7.84. The number of allylic oxidation sites excluding steroid dienone is 1. The molecule has 0 radical (unpaired) electrons. The molecule has 0 bridgehead atoms. The average Bonchev–Trinajstić information content (AvgIpc) is 2.66. The van der Waals surface area contributed by atoms with Gasteiger partial charge >= 0.3 is 0 Å². The van der Waals surface area contributed by atoms with Gasteiger partial charge in [0.2, 0.25) is 0 Å². The van der Waals surface area contributed by atoms with Crippen LogP contribution in [0.25, 0.3) is 0 Å². The lowest BCUT2D eigenvalue weighted by Crippen LogP contribution is -2.31. The molecule has 3 heteroatoms. The van der Waals surface area contributed by atoms with Gasteiger partial charge in [-0.1, -0.05) is 12.2 Å². The van der Waals surface area contributed by atoms with Gasteiger partial charge in [-0.3, -0.25) is 4.68 Å². The molecule has 0 aromatic carbocycles. The van der Waals surface area contributed by atoms with Crippen LogP contribution in [-0.2, 0) is 7.05 Å².